The van der Waals surface area contributed by atoms with Gasteiger partial charge in [-0.15, -0.1) is 0 Å². The van der Waals surface area contributed by atoms with Crippen LogP contribution in [0.4, 0.5) is 0 Å². The van der Waals surface area contributed by atoms with Crippen LogP contribution in [0.5, 0.6) is 0 Å². The van der Waals surface area contributed by atoms with Crippen LogP contribution < -0.4 is 5.43 Å². The predicted molar refractivity (Wildman–Crippen MR) is 66.4 cm³/mol. The molecule has 0 saturated carbocycles. The molecule has 0 atom stereocenters. The van der Waals surface area contributed by atoms with Crippen LogP contribution in [-0.2, 0) is 11.3 Å². The molecule has 0 saturated heterocycles. The van der Waals surface area contributed by atoms with Gasteiger partial charge in [-0.05, 0) is 20.3 Å². The smallest absolute Gasteiger partial charge is 0.343 e. The molecule has 4 nitrogen and oxygen atoms in total. The van der Waals surface area contributed by atoms with Gasteiger partial charge in [0.25, 0.3) is 0 Å². The molecule has 1 rings (SSSR count). The Morgan fingerprint density at radius 1 is 1.41 bits per heavy atom. The van der Waals surface area contributed by atoms with Gasteiger partial charge in [0.1, 0.15) is 5.56 Å². The summed E-state index contributed by atoms with van der Waals surface area (Å²) in [7, 11) is 1.29. The zero-order valence-electron chi connectivity index (χ0n) is 10.9. The standard InChI is InChI=1S/C13H19NO3/c1-5-6-7-14-9(2)8-11(15)12(10(14)3)13(16)17-4/h8H,5-7H2,1-4H3. The maximum Gasteiger partial charge on any atom is 0.343 e. The van der Waals surface area contributed by atoms with E-state index in [1.165, 1.54) is 13.2 Å². The molecular formula is C13H19NO3. The van der Waals surface area contributed by atoms with Gasteiger partial charge in [0.05, 0.1) is 7.11 Å². The Labute approximate surface area is 101 Å². The maximum atomic E-state index is 11.8. The van der Waals surface area contributed by atoms with Crippen molar-refractivity contribution in [3.63, 3.8) is 0 Å². The van der Waals surface area contributed by atoms with E-state index in [0.29, 0.717) is 5.69 Å². The van der Waals surface area contributed by atoms with E-state index in [-0.39, 0.29) is 11.0 Å². The number of aryl methyl sites for hydroxylation is 1. The number of pyridine rings is 1. The van der Waals surface area contributed by atoms with E-state index in [1.807, 2.05) is 11.5 Å². The van der Waals surface area contributed by atoms with Crippen LogP contribution in [0.25, 0.3) is 0 Å². The number of unbranched alkanes of at least 4 members (excludes halogenated alkanes) is 1. The third-order valence-corrected chi connectivity index (χ3v) is 2.90. The Balaban J connectivity index is 3.32. The molecule has 0 fully saturated rings. The third-order valence-electron chi connectivity index (χ3n) is 2.90. The molecule has 94 valence electrons. The summed E-state index contributed by atoms with van der Waals surface area (Å²) in [6.45, 7) is 6.59. The zero-order chi connectivity index (χ0) is 13.0. The molecule has 0 amide bonds. The van der Waals surface area contributed by atoms with Crippen molar-refractivity contribution in [1.82, 2.24) is 4.57 Å². The van der Waals surface area contributed by atoms with Crippen molar-refractivity contribution in [3.8, 4) is 0 Å². The molecule has 0 bridgehead atoms. The molecule has 0 spiro atoms. The lowest BCUT2D eigenvalue weighted by Crippen LogP contribution is -2.24. The second kappa shape index (κ2) is 5.66. The van der Waals surface area contributed by atoms with Gasteiger partial charge >= 0.3 is 5.97 Å². The Morgan fingerprint density at radius 2 is 2.06 bits per heavy atom. The fourth-order valence-corrected chi connectivity index (χ4v) is 1.93. The van der Waals surface area contributed by atoms with Gasteiger partial charge in [-0.25, -0.2) is 4.79 Å². The van der Waals surface area contributed by atoms with E-state index in [1.54, 1.807) is 6.92 Å². The van der Waals surface area contributed by atoms with Crippen molar-refractivity contribution >= 4 is 5.97 Å². The number of carbonyl (C=O) groups is 1. The number of rotatable bonds is 4. The van der Waals surface area contributed by atoms with Gasteiger partial charge in [-0.3, -0.25) is 4.79 Å². The largest absolute Gasteiger partial charge is 0.465 e. The Morgan fingerprint density at radius 3 is 2.59 bits per heavy atom. The van der Waals surface area contributed by atoms with Crippen LogP contribution in [0.1, 0.15) is 41.5 Å². The first-order valence-electron chi connectivity index (χ1n) is 5.82. The maximum absolute atomic E-state index is 11.8. The molecule has 17 heavy (non-hydrogen) atoms. The van der Waals surface area contributed by atoms with Crippen molar-refractivity contribution in [2.75, 3.05) is 7.11 Å². The first-order chi connectivity index (χ1) is 8.02. The number of methoxy groups -OCH3 is 1. The number of hydrogen-bond donors (Lipinski definition) is 0. The van der Waals surface area contributed by atoms with E-state index < -0.39 is 5.97 Å². The molecule has 1 aromatic heterocycles. The molecule has 1 heterocycles. The third kappa shape index (κ3) is 2.75. The van der Waals surface area contributed by atoms with Crippen LogP contribution in [-0.4, -0.2) is 17.6 Å². The van der Waals surface area contributed by atoms with Gasteiger partial charge in [-0.2, -0.15) is 0 Å². The van der Waals surface area contributed by atoms with Crippen LogP contribution in [0.3, 0.4) is 0 Å². The fourth-order valence-electron chi connectivity index (χ4n) is 1.93. The Kier molecular flexibility index (Phi) is 4.49. The summed E-state index contributed by atoms with van der Waals surface area (Å²) < 4.78 is 6.64. The molecule has 0 radical (unpaired) electrons. The first-order valence-corrected chi connectivity index (χ1v) is 5.82. The van der Waals surface area contributed by atoms with E-state index >= 15 is 0 Å². The highest BCUT2D eigenvalue weighted by Gasteiger charge is 2.17. The Hall–Kier alpha value is -1.58. The monoisotopic (exact) mass is 237 g/mol. The van der Waals surface area contributed by atoms with Crippen LogP contribution in [0.2, 0.25) is 0 Å². The summed E-state index contributed by atoms with van der Waals surface area (Å²) in [5.41, 5.74) is 1.46. The van der Waals surface area contributed by atoms with Crippen molar-refractivity contribution in [2.45, 2.75) is 40.2 Å². The number of aromatic nitrogens is 1. The molecule has 0 aromatic carbocycles. The lowest BCUT2D eigenvalue weighted by Gasteiger charge is -2.16. The van der Waals surface area contributed by atoms with E-state index in [4.69, 9.17) is 0 Å². The first kappa shape index (κ1) is 13.5. The lowest BCUT2D eigenvalue weighted by atomic mass is 10.1. The average Bonchev–Trinajstić information content (AvgIpc) is 2.28. The normalized spacial score (nSPS) is 10.4. The summed E-state index contributed by atoms with van der Waals surface area (Å²) >= 11 is 0. The molecule has 0 aliphatic rings. The Bertz CT molecular complexity index is 474. The summed E-state index contributed by atoms with van der Waals surface area (Å²) in [5.74, 6) is -0.558. The van der Waals surface area contributed by atoms with Gasteiger partial charge in [0, 0.05) is 24.0 Å². The van der Waals surface area contributed by atoms with Gasteiger partial charge < -0.3 is 9.30 Å². The summed E-state index contributed by atoms with van der Waals surface area (Å²) in [5, 5.41) is 0. The van der Waals surface area contributed by atoms with Crippen LogP contribution in [0, 0.1) is 13.8 Å². The van der Waals surface area contributed by atoms with Gasteiger partial charge in [0.15, 0.2) is 5.43 Å². The molecule has 0 N–H and O–H groups in total. The van der Waals surface area contributed by atoms with Crippen LogP contribution >= 0.6 is 0 Å². The number of nitrogens with zero attached hydrogens (tertiary/aromatic N) is 1. The summed E-state index contributed by atoms with van der Waals surface area (Å²) in [6, 6.07) is 1.49. The van der Waals surface area contributed by atoms with Gasteiger partial charge in [0.2, 0.25) is 0 Å². The number of hydrogen-bond acceptors (Lipinski definition) is 3. The molecule has 4 heteroatoms. The van der Waals surface area contributed by atoms with E-state index in [9.17, 15) is 9.59 Å². The summed E-state index contributed by atoms with van der Waals surface area (Å²) in [4.78, 5) is 23.3. The second-order valence-corrected chi connectivity index (χ2v) is 4.11. The number of ether oxygens (including phenoxy) is 1. The van der Waals surface area contributed by atoms with Crippen molar-refractivity contribution in [1.29, 1.82) is 0 Å². The average molecular weight is 237 g/mol. The quantitative estimate of drug-likeness (QED) is 0.753. The topological polar surface area (TPSA) is 48.3 Å². The number of esters is 1. The van der Waals surface area contributed by atoms with Crippen LogP contribution in [0.15, 0.2) is 10.9 Å². The fraction of sp³-hybridized carbons (Fsp3) is 0.538. The second-order valence-electron chi connectivity index (χ2n) is 4.11. The highest BCUT2D eigenvalue weighted by Crippen LogP contribution is 2.10. The molecular weight excluding hydrogens is 218 g/mol. The minimum Gasteiger partial charge on any atom is -0.465 e. The van der Waals surface area contributed by atoms with Crippen molar-refractivity contribution in [3.05, 3.63) is 33.2 Å². The molecule has 0 aliphatic heterocycles. The SMILES string of the molecule is CCCCn1c(C)cc(=O)c(C(=O)OC)c1C. The lowest BCUT2D eigenvalue weighted by molar-refractivity contribution is 0.0597. The summed E-state index contributed by atoms with van der Waals surface area (Å²) in [6.07, 6.45) is 2.09. The van der Waals surface area contributed by atoms with Gasteiger partial charge in [-0.1, -0.05) is 13.3 Å². The molecule has 1 aromatic rings. The zero-order valence-corrected chi connectivity index (χ0v) is 10.9. The molecule has 0 unspecified atom stereocenters. The van der Waals surface area contributed by atoms with E-state index in [2.05, 4.69) is 11.7 Å². The highest BCUT2D eigenvalue weighted by atomic mass is 16.5. The minimum atomic E-state index is -0.558. The molecule has 0 aliphatic carbocycles. The minimum absolute atomic E-state index is 0.147. The van der Waals surface area contributed by atoms with E-state index in [0.717, 1.165) is 25.1 Å². The number of carbonyl (C=O) groups excluding carboxylic acids is 1. The predicted octanol–water partition coefficient (Wildman–Crippen LogP) is 2.05. The van der Waals surface area contributed by atoms with Crippen molar-refractivity contribution < 1.29 is 9.53 Å². The highest BCUT2D eigenvalue weighted by molar-refractivity contribution is 5.90. The van der Waals surface area contributed by atoms with Crippen molar-refractivity contribution in [2.24, 2.45) is 0 Å².